The molecular weight excluding hydrogens is 305 g/mol. The fourth-order valence-corrected chi connectivity index (χ4v) is 2.98. The van der Waals surface area contributed by atoms with Gasteiger partial charge in [0.25, 0.3) is 0 Å². The molecule has 0 saturated carbocycles. The molecule has 0 saturated heterocycles. The zero-order chi connectivity index (χ0) is 16.7. The number of fused-ring (bicyclic) bond motifs is 3. The SMILES string of the molecule is O=C(O)c1cccc2c1nc(-c1ccc(F)cc1)c1ccccc12. The molecule has 0 spiro atoms. The van der Waals surface area contributed by atoms with E-state index in [1.165, 1.54) is 12.1 Å². The van der Waals surface area contributed by atoms with Crippen LogP contribution in [0.5, 0.6) is 0 Å². The van der Waals surface area contributed by atoms with Crippen LogP contribution in [0.15, 0.2) is 66.7 Å². The highest BCUT2D eigenvalue weighted by molar-refractivity contribution is 6.15. The molecule has 1 heterocycles. The summed E-state index contributed by atoms with van der Waals surface area (Å²) in [5, 5.41) is 12.1. The Morgan fingerprint density at radius 3 is 2.21 bits per heavy atom. The minimum atomic E-state index is -1.02. The Labute approximate surface area is 137 Å². The molecule has 0 amide bonds. The van der Waals surface area contributed by atoms with Gasteiger partial charge in [-0.05, 0) is 35.7 Å². The molecule has 116 valence electrons. The van der Waals surface area contributed by atoms with Crippen molar-refractivity contribution < 1.29 is 14.3 Å². The van der Waals surface area contributed by atoms with Crippen molar-refractivity contribution in [3.05, 3.63) is 78.1 Å². The lowest BCUT2D eigenvalue weighted by Gasteiger charge is -2.11. The van der Waals surface area contributed by atoms with Crippen molar-refractivity contribution in [2.45, 2.75) is 0 Å². The molecule has 0 aliphatic rings. The third kappa shape index (κ3) is 2.20. The molecule has 0 radical (unpaired) electrons. The molecule has 3 nitrogen and oxygen atoms in total. The largest absolute Gasteiger partial charge is 0.478 e. The number of aromatic nitrogens is 1. The molecule has 24 heavy (non-hydrogen) atoms. The van der Waals surface area contributed by atoms with Gasteiger partial charge in [-0.15, -0.1) is 0 Å². The predicted octanol–water partition coefficient (Wildman–Crippen LogP) is 4.89. The summed E-state index contributed by atoms with van der Waals surface area (Å²) in [4.78, 5) is 16.2. The molecule has 0 atom stereocenters. The first kappa shape index (κ1) is 14.3. The van der Waals surface area contributed by atoms with Gasteiger partial charge in [0.1, 0.15) is 5.82 Å². The van der Waals surface area contributed by atoms with E-state index in [4.69, 9.17) is 0 Å². The Hall–Kier alpha value is -3.27. The Kier molecular flexibility index (Phi) is 3.24. The van der Waals surface area contributed by atoms with Gasteiger partial charge in [-0.2, -0.15) is 0 Å². The van der Waals surface area contributed by atoms with Crippen LogP contribution in [0.4, 0.5) is 4.39 Å². The number of hydrogen-bond acceptors (Lipinski definition) is 2. The second-order valence-corrected chi connectivity index (χ2v) is 5.52. The van der Waals surface area contributed by atoms with Gasteiger partial charge in [-0.25, -0.2) is 14.2 Å². The van der Waals surface area contributed by atoms with E-state index >= 15 is 0 Å². The highest BCUT2D eigenvalue weighted by Crippen LogP contribution is 2.33. The Morgan fingerprint density at radius 2 is 1.50 bits per heavy atom. The summed E-state index contributed by atoms with van der Waals surface area (Å²) in [6.45, 7) is 0. The van der Waals surface area contributed by atoms with Crippen LogP contribution in [-0.4, -0.2) is 16.1 Å². The second kappa shape index (κ2) is 5.42. The molecule has 4 rings (SSSR count). The number of aromatic carboxylic acids is 1. The topological polar surface area (TPSA) is 50.2 Å². The zero-order valence-corrected chi connectivity index (χ0v) is 12.5. The van der Waals surface area contributed by atoms with Crippen molar-refractivity contribution in [3.8, 4) is 11.3 Å². The number of carboxylic acids is 1. The van der Waals surface area contributed by atoms with E-state index in [9.17, 15) is 14.3 Å². The van der Waals surface area contributed by atoms with Gasteiger partial charge in [-0.3, -0.25) is 0 Å². The van der Waals surface area contributed by atoms with Crippen LogP contribution >= 0.6 is 0 Å². The molecule has 1 aromatic heterocycles. The number of pyridine rings is 1. The van der Waals surface area contributed by atoms with Gasteiger partial charge in [-0.1, -0.05) is 36.4 Å². The van der Waals surface area contributed by atoms with Crippen molar-refractivity contribution in [1.82, 2.24) is 4.98 Å². The molecule has 0 fully saturated rings. The van der Waals surface area contributed by atoms with Crippen molar-refractivity contribution in [1.29, 1.82) is 0 Å². The molecule has 4 heteroatoms. The first-order valence-corrected chi connectivity index (χ1v) is 7.46. The fourth-order valence-electron chi connectivity index (χ4n) is 2.98. The van der Waals surface area contributed by atoms with Gasteiger partial charge in [0.05, 0.1) is 16.8 Å². The van der Waals surface area contributed by atoms with Crippen LogP contribution in [0.2, 0.25) is 0 Å². The van der Waals surface area contributed by atoms with Crippen molar-refractivity contribution >= 4 is 27.6 Å². The number of para-hydroxylation sites is 1. The maximum Gasteiger partial charge on any atom is 0.337 e. The number of hydrogen-bond donors (Lipinski definition) is 1. The maximum atomic E-state index is 13.2. The summed E-state index contributed by atoms with van der Waals surface area (Å²) < 4.78 is 13.2. The number of carboxylic acid groups (broad SMARTS) is 1. The van der Waals surface area contributed by atoms with E-state index in [1.807, 2.05) is 30.3 Å². The molecule has 0 aliphatic heterocycles. The first-order chi connectivity index (χ1) is 11.6. The van der Waals surface area contributed by atoms with Crippen molar-refractivity contribution in [3.63, 3.8) is 0 Å². The van der Waals surface area contributed by atoms with E-state index < -0.39 is 5.97 Å². The summed E-state index contributed by atoms with van der Waals surface area (Å²) >= 11 is 0. The molecular formula is C20H12FNO2. The lowest BCUT2D eigenvalue weighted by molar-refractivity contribution is 0.0699. The highest BCUT2D eigenvalue weighted by atomic mass is 19.1. The second-order valence-electron chi connectivity index (χ2n) is 5.52. The number of rotatable bonds is 2. The lowest BCUT2D eigenvalue weighted by Crippen LogP contribution is -2.00. The molecule has 4 aromatic rings. The van der Waals surface area contributed by atoms with E-state index in [0.29, 0.717) is 11.2 Å². The molecule has 0 aliphatic carbocycles. The maximum absolute atomic E-state index is 13.2. The van der Waals surface area contributed by atoms with Crippen molar-refractivity contribution in [2.75, 3.05) is 0 Å². The molecule has 1 N–H and O–H groups in total. The summed E-state index contributed by atoms with van der Waals surface area (Å²) in [5.74, 6) is -1.34. The molecule has 0 unspecified atom stereocenters. The number of carbonyl (C=O) groups is 1. The van der Waals surface area contributed by atoms with Crippen LogP contribution in [0.25, 0.3) is 32.9 Å². The Bertz CT molecular complexity index is 1090. The average Bonchev–Trinajstić information content (AvgIpc) is 2.61. The Morgan fingerprint density at radius 1 is 0.833 bits per heavy atom. The number of halogens is 1. The molecule has 3 aromatic carbocycles. The van der Waals surface area contributed by atoms with Gasteiger partial charge in [0.2, 0.25) is 0 Å². The zero-order valence-electron chi connectivity index (χ0n) is 12.5. The lowest BCUT2D eigenvalue weighted by atomic mass is 9.98. The minimum Gasteiger partial charge on any atom is -0.478 e. The van der Waals surface area contributed by atoms with Crippen LogP contribution in [-0.2, 0) is 0 Å². The van der Waals surface area contributed by atoms with E-state index in [2.05, 4.69) is 4.98 Å². The Balaban J connectivity index is 2.17. The van der Waals surface area contributed by atoms with Gasteiger partial charge < -0.3 is 5.11 Å². The predicted molar refractivity (Wildman–Crippen MR) is 91.6 cm³/mol. The standard InChI is InChI=1S/C20H12FNO2/c21-13-10-8-12(9-11-13)18-15-5-2-1-4-14(15)16-6-3-7-17(20(23)24)19(16)22-18/h1-11H,(H,23,24). The van der Waals surface area contributed by atoms with Crippen molar-refractivity contribution in [2.24, 2.45) is 0 Å². The normalized spacial score (nSPS) is 11.0. The summed E-state index contributed by atoms with van der Waals surface area (Å²) in [6.07, 6.45) is 0. The highest BCUT2D eigenvalue weighted by Gasteiger charge is 2.15. The van der Waals surface area contributed by atoms with E-state index in [1.54, 1.807) is 24.3 Å². The average molecular weight is 317 g/mol. The van der Waals surface area contributed by atoms with Crippen LogP contribution in [0.3, 0.4) is 0 Å². The third-order valence-corrected chi connectivity index (χ3v) is 4.08. The summed E-state index contributed by atoms with van der Waals surface area (Å²) in [5.41, 5.74) is 1.98. The number of benzene rings is 3. The monoisotopic (exact) mass is 317 g/mol. The van der Waals surface area contributed by atoms with Crippen LogP contribution in [0, 0.1) is 5.82 Å². The fraction of sp³-hybridized carbons (Fsp3) is 0. The first-order valence-electron chi connectivity index (χ1n) is 7.46. The van der Waals surface area contributed by atoms with E-state index in [0.717, 1.165) is 21.7 Å². The van der Waals surface area contributed by atoms with Gasteiger partial charge in [0, 0.05) is 16.3 Å². The molecule has 0 bridgehead atoms. The third-order valence-electron chi connectivity index (χ3n) is 4.08. The van der Waals surface area contributed by atoms with Gasteiger partial charge >= 0.3 is 5.97 Å². The van der Waals surface area contributed by atoms with E-state index in [-0.39, 0.29) is 11.4 Å². The minimum absolute atomic E-state index is 0.154. The summed E-state index contributed by atoms with van der Waals surface area (Å²) in [7, 11) is 0. The van der Waals surface area contributed by atoms with Gasteiger partial charge in [0.15, 0.2) is 0 Å². The smallest absolute Gasteiger partial charge is 0.337 e. The summed E-state index contributed by atoms with van der Waals surface area (Å²) in [6, 6.07) is 18.9. The van der Waals surface area contributed by atoms with Crippen LogP contribution in [0.1, 0.15) is 10.4 Å². The number of nitrogens with zero attached hydrogens (tertiary/aromatic N) is 1. The van der Waals surface area contributed by atoms with Crippen LogP contribution < -0.4 is 0 Å². The quantitative estimate of drug-likeness (QED) is 0.535.